The Kier molecular flexibility index (Phi) is 5.00. The summed E-state index contributed by atoms with van der Waals surface area (Å²) in [5.41, 5.74) is 0.306. The fourth-order valence-electron chi connectivity index (χ4n) is 4.31. The van der Waals surface area contributed by atoms with Gasteiger partial charge in [0.1, 0.15) is 18.3 Å². The molecule has 7 nitrogen and oxygen atoms in total. The molecular weight excluding hydrogens is 382 g/mol. The predicted molar refractivity (Wildman–Crippen MR) is 100 cm³/mol. The molecule has 2 fully saturated rings. The van der Waals surface area contributed by atoms with Crippen LogP contribution in [0.1, 0.15) is 37.8 Å². The van der Waals surface area contributed by atoms with Crippen LogP contribution in [-0.2, 0) is 9.47 Å². The van der Waals surface area contributed by atoms with E-state index in [1.807, 2.05) is 25.8 Å². The number of aromatic nitrogens is 3. The van der Waals surface area contributed by atoms with Gasteiger partial charge in [0.15, 0.2) is 17.4 Å². The van der Waals surface area contributed by atoms with Crippen molar-refractivity contribution in [3.63, 3.8) is 0 Å². The number of benzene rings is 1. The van der Waals surface area contributed by atoms with Crippen LogP contribution in [-0.4, -0.2) is 51.1 Å². The summed E-state index contributed by atoms with van der Waals surface area (Å²) in [6, 6.07) is 3.27. The first-order chi connectivity index (χ1) is 13.7. The first-order valence-corrected chi connectivity index (χ1v) is 9.53. The van der Waals surface area contributed by atoms with Crippen molar-refractivity contribution in [3.05, 3.63) is 47.5 Å². The number of ether oxygens (including phenoxy) is 2. The largest absolute Gasteiger partial charge is 0.388 e. The molecule has 1 saturated heterocycles. The van der Waals surface area contributed by atoms with E-state index in [9.17, 15) is 13.9 Å². The molecule has 1 N–H and O–H groups in total. The van der Waals surface area contributed by atoms with E-state index in [0.717, 1.165) is 12.1 Å². The van der Waals surface area contributed by atoms with Gasteiger partial charge >= 0.3 is 0 Å². The molecule has 2 aromatic rings. The van der Waals surface area contributed by atoms with Gasteiger partial charge in [-0.05, 0) is 44.9 Å². The van der Waals surface area contributed by atoms with Crippen LogP contribution in [0.2, 0.25) is 0 Å². The van der Waals surface area contributed by atoms with Gasteiger partial charge in [-0.3, -0.25) is 0 Å². The van der Waals surface area contributed by atoms with Crippen LogP contribution in [0.5, 0.6) is 0 Å². The van der Waals surface area contributed by atoms with E-state index in [4.69, 9.17) is 9.47 Å². The average molecular weight is 406 g/mol. The molecular formula is C20H24F2N4O3. The van der Waals surface area contributed by atoms with Crippen molar-refractivity contribution < 1.29 is 23.4 Å². The molecule has 2 aliphatic rings. The quantitative estimate of drug-likeness (QED) is 0.836. The van der Waals surface area contributed by atoms with Crippen LogP contribution in [0, 0.1) is 24.5 Å². The SMILES string of the molecule is Cc1ncnc(N(C)[C@@H]2C[C@H](C(O)c3ccc(F)c(F)c3)[C@H]3OC(C)(C)O[C@H]32)n1. The summed E-state index contributed by atoms with van der Waals surface area (Å²) in [6.45, 7) is 5.41. The van der Waals surface area contributed by atoms with Gasteiger partial charge in [-0.25, -0.2) is 18.7 Å². The number of aryl methyl sites for hydroxylation is 1. The van der Waals surface area contributed by atoms with Gasteiger partial charge < -0.3 is 19.5 Å². The van der Waals surface area contributed by atoms with Crippen molar-refractivity contribution in [2.75, 3.05) is 11.9 Å². The zero-order valence-electron chi connectivity index (χ0n) is 16.7. The third-order valence-electron chi connectivity index (χ3n) is 5.66. The number of anilines is 1. The fourth-order valence-corrected chi connectivity index (χ4v) is 4.31. The minimum atomic E-state index is -1.03. The summed E-state index contributed by atoms with van der Waals surface area (Å²) >= 11 is 0. The minimum Gasteiger partial charge on any atom is -0.388 e. The first-order valence-electron chi connectivity index (χ1n) is 9.53. The number of aliphatic hydroxyl groups excluding tert-OH is 1. The maximum atomic E-state index is 13.7. The van der Waals surface area contributed by atoms with E-state index in [1.54, 1.807) is 6.92 Å². The lowest BCUT2D eigenvalue weighted by atomic mass is 9.92. The molecule has 1 aromatic carbocycles. The van der Waals surface area contributed by atoms with Crippen molar-refractivity contribution >= 4 is 5.95 Å². The molecule has 156 valence electrons. The summed E-state index contributed by atoms with van der Waals surface area (Å²) in [5, 5.41) is 11.0. The second-order valence-electron chi connectivity index (χ2n) is 8.09. The highest BCUT2D eigenvalue weighted by molar-refractivity contribution is 5.32. The van der Waals surface area contributed by atoms with Gasteiger partial charge in [0.2, 0.25) is 5.95 Å². The number of aliphatic hydroxyl groups is 1. The number of hydrogen-bond donors (Lipinski definition) is 1. The summed E-state index contributed by atoms with van der Waals surface area (Å²) in [4.78, 5) is 14.5. The molecule has 0 bridgehead atoms. The summed E-state index contributed by atoms with van der Waals surface area (Å²) in [6.07, 6.45) is 0.172. The van der Waals surface area contributed by atoms with E-state index in [0.29, 0.717) is 23.8 Å². The number of rotatable bonds is 4. The third kappa shape index (κ3) is 3.70. The number of halogens is 2. The molecule has 9 heteroatoms. The van der Waals surface area contributed by atoms with Crippen molar-refractivity contribution in [1.82, 2.24) is 15.0 Å². The maximum Gasteiger partial charge on any atom is 0.228 e. The zero-order chi connectivity index (χ0) is 20.9. The Morgan fingerprint density at radius 3 is 2.59 bits per heavy atom. The molecule has 4 rings (SSSR count). The Labute approximate surface area is 167 Å². The minimum absolute atomic E-state index is 0.173. The predicted octanol–water partition coefficient (Wildman–Crippen LogP) is 2.54. The smallest absolute Gasteiger partial charge is 0.228 e. The van der Waals surface area contributed by atoms with E-state index in [2.05, 4.69) is 15.0 Å². The summed E-state index contributed by atoms with van der Waals surface area (Å²) in [7, 11) is 1.86. The number of hydrogen-bond acceptors (Lipinski definition) is 7. The molecule has 29 heavy (non-hydrogen) atoms. The van der Waals surface area contributed by atoms with Gasteiger partial charge in [0.05, 0.1) is 18.2 Å². The Hall–Kier alpha value is -2.23. The van der Waals surface area contributed by atoms with E-state index in [1.165, 1.54) is 12.4 Å². The van der Waals surface area contributed by atoms with Crippen LogP contribution in [0.4, 0.5) is 14.7 Å². The summed E-state index contributed by atoms with van der Waals surface area (Å²) < 4.78 is 39.3. The van der Waals surface area contributed by atoms with E-state index in [-0.39, 0.29) is 18.1 Å². The lowest BCUT2D eigenvalue weighted by molar-refractivity contribution is -0.162. The molecule has 0 radical (unpaired) electrons. The number of nitrogens with zero attached hydrogens (tertiary/aromatic N) is 4. The molecule has 1 aromatic heterocycles. The fraction of sp³-hybridized carbons (Fsp3) is 0.550. The highest BCUT2D eigenvalue weighted by atomic mass is 19.2. The van der Waals surface area contributed by atoms with E-state index < -0.39 is 29.6 Å². The van der Waals surface area contributed by atoms with Gasteiger partial charge in [-0.15, -0.1) is 0 Å². The molecule has 1 saturated carbocycles. The second-order valence-corrected chi connectivity index (χ2v) is 8.09. The van der Waals surface area contributed by atoms with Crippen molar-refractivity contribution in [1.29, 1.82) is 0 Å². The Morgan fingerprint density at radius 1 is 1.17 bits per heavy atom. The van der Waals surface area contributed by atoms with Crippen molar-refractivity contribution in [2.45, 2.75) is 57.3 Å². The van der Waals surface area contributed by atoms with Crippen molar-refractivity contribution in [2.24, 2.45) is 5.92 Å². The summed E-state index contributed by atoms with van der Waals surface area (Å²) in [5.74, 6) is -2.04. The van der Waals surface area contributed by atoms with Crippen LogP contribution < -0.4 is 4.90 Å². The Bertz CT molecular complexity index is 913. The highest BCUT2D eigenvalue weighted by Crippen LogP contribution is 2.48. The molecule has 0 spiro atoms. The first kappa shape index (κ1) is 20.1. The van der Waals surface area contributed by atoms with Gasteiger partial charge in [0.25, 0.3) is 0 Å². The van der Waals surface area contributed by atoms with E-state index >= 15 is 0 Å². The lowest BCUT2D eigenvalue weighted by Crippen LogP contribution is -2.42. The zero-order valence-corrected chi connectivity index (χ0v) is 16.7. The highest BCUT2D eigenvalue weighted by Gasteiger charge is 2.57. The van der Waals surface area contributed by atoms with Crippen molar-refractivity contribution in [3.8, 4) is 0 Å². The molecule has 2 heterocycles. The monoisotopic (exact) mass is 406 g/mol. The molecule has 1 aliphatic carbocycles. The van der Waals surface area contributed by atoms with Crippen LogP contribution in [0.3, 0.4) is 0 Å². The number of fused-ring (bicyclic) bond motifs is 1. The Balaban J connectivity index is 1.64. The van der Waals surface area contributed by atoms with Gasteiger partial charge in [0, 0.05) is 13.0 Å². The van der Waals surface area contributed by atoms with Gasteiger partial charge in [-0.1, -0.05) is 6.07 Å². The van der Waals surface area contributed by atoms with Gasteiger partial charge in [-0.2, -0.15) is 4.98 Å². The van der Waals surface area contributed by atoms with Crippen LogP contribution in [0.15, 0.2) is 24.5 Å². The molecule has 1 aliphatic heterocycles. The topological polar surface area (TPSA) is 80.6 Å². The maximum absolute atomic E-state index is 13.7. The molecule has 0 amide bonds. The number of likely N-dealkylation sites (N-methyl/N-ethyl adjacent to an activating group) is 1. The lowest BCUT2D eigenvalue weighted by Gasteiger charge is -2.30. The standard InChI is InChI=1S/C20H24F2N4O3/c1-10-23-9-24-19(25-10)26(4)15-8-12(17-18(15)29-20(2,3)28-17)16(27)11-5-6-13(21)14(22)7-11/h5-7,9,12,15-18,27H,8H2,1-4H3/t12-,15-,16?,17-,18+/m1/s1. The third-order valence-corrected chi connectivity index (χ3v) is 5.66. The van der Waals surface area contributed by atoms with Crippen LogP contribution >= 0.6 is 0 Å². The normalized spacial score (nSPS) is 28.9. The van der Waals surface area contributed by atoms with Crippen LogP contribution in [0.25, 0.3) is 0 Å². The Morgan fingerprint density at radius 2 is 1.90 bits per heavy atom. The molecule has 1 unspecified atom stereocenters. The second kappa shape index (κ2) is 7.23. The average Bonchev–Trinajstić information content (AvgIpc) is 3.15. The molecule has 5 atom stereocenters.